The third kappa shape index (κ3) is 3.54. The Kier molecular flexibility index (Phi) is 4.68. The average molecular weight is 280 g/mol. The molecule has 0 unspecified atom stereocenters. The average Bonchev–Trinajstić information content (AvgIpc) is 2.80. The van der Waals surface area contributed by atoms with E-state index in [0.717, 1.165) is 0 Å². The van der Waals surface area contributed by atoms with Crippen LogP contribution in [0.2, 0.25) is 0 Å². The summed E-state index contributed by atoms with van der Waals surface area (Å²) in [6, 6.07) is 5.54. The molecule has 1 aliphatic rings. The normalized spacial score (nSPS) is 18.4. The Labute approximate surface area is 116 Å². The molecule has 1 fully saturated rings. The lowest BCUT2D eigenvalue weighted by Gasteiger charge is -2.15. The van der Waals surface area contributed by atoms with Crippen molar-refractivity contribution in [2.45, 2.75) is 6.42 Å². The topological polar surface area (TPSA) is 58.6 Å². The fourth-order valence-electron chi connectivity index (χ4n) is 2.14. The summed E-state index contributed by atoms with van der Waals surface area (Å²) in [5.74, 6) is -0.986. The number of halogens is 1. The maximum atomic E-state index is 12.8. The van der Waals surface area contributed by atoms with E-state index < -0.39 is 0 Å². The van der Waals surface area contributed by atoms with Gasteiger partial charge in [-0.25, -0.2) is 4.39 Å². The van der Waals surface area contributed by atoms with Crippen molar-refractivity contribution < 1.29 is 18.7 Å². The summed E-state index contributed by atoms with van der Waals surface area (Å²) in [6.07, 6.45) is 0.205. The highest BCUT2D eigenvalue weighted by molar-refractivity contribution is 5.97. The number of hydrogen-bond donors (Lipinski definition) is 1. The van der Waals surface area contributed by atoms with Crippen LogP contribution in [-0.4, -0.2) is 43.5 Å². The van der Waals surface area contributed by atoms with Gasteiger partial charge in [0.15, 0.2) is 0 Å². The molecule has 0 spiro atoms. The Morgan fingerprint density at radius 2 is 2.15 bits per heavy atom. The molecule has 0 bridgehead atoms. The van der Waals surface area contributed by atoms with E-state index in [1.807, 2.05) is 0 Å². The largest absolute Gasteiger partial charge is 0.383 e. The van der Waals surface area contributed by atoms with Crippen LogP contribution >= 0.6 is 0 Å². The number of nitrogens with one attached hydrogen (secondary N) is 1. The van der Waals surface area contributed by atoms with Crippen LogP contribution in [0.4, 0.5) is 10.1 Å². The van der Waals surface area contributed by atoms with E-state index in [9.17, 15) is 14.0 Å². The molecule has 0 aromatic heterocycles. The third-order valence-electron chi connectivity index (χ3n) is 3.26. The van der Waals surface area contributed by atoms with Gasteiger partial charge < -0.3 is 15.0 Å². The number of methoxy groups -OCH3 is 1. The lowest BCUT2D eigenvalue weighted by atomic mass is 10.1. The van der Waals surface area contributed by atoms with Crippen molar-refractivity contribution >= 4 is 17.5 Å². The van der Waals surface area contributed by atoms with Gasteiger partial charge in [-0.3, -0.25) is 9.59 Å². The number of anilines is 1. The van der Waals surface area contributed by atoms with Crippen LogP contribution in [0.15, 0.2) is 24.3 Å². The number of likely N-dealkylation sites (tertiary alicyclic amines) is 1. The molecule has 0 radical (unpaired) electrons. The van der Waals surface area contributed by atoms with Gasteiger partial charge in [0.1, 0.15) is 5.82 Å². The van der Waals surface area contributed by atoms with E-state index in [-0.39, 0.29) is 30.0 Å². The molecular formula is C14H17FN2O3. The molecule has 1 N–H and O–H groups in total. The first-order valence-electron chi connectivity index (χ1n) is 6.43. The molecule has 1 aliphatic heterocycles. The van der Waals surface area contributed by atoms with Crippen molar-refractivity contribution in [3.63, 3.8) is 0 Å². The predicted octanol–water partition coefficient (Wildman–Crippen LogP) is 1.26. The van der Waals surface area contributed by atoms with Crippen molar-refractivity contribution in [2.24, 2.45) is 5.92 Å². The smallest absolute Gasteiger partial charge is 0.229 e. The van der Waals surface area contributed by atoms with Crippen molar-refractivity contribution in [2.75, 3.05) is 32.1 Å². The van der Waals surface area contributed by atoms with Crippen LogP contribution in [0, 0.1) is 11.7 Å². The van der Waals surface area contributed by atoms with Gasteiger partial charge in [0.25, 0.3) is 0 Å². The zero-order valence-electron chi connectivity index (χ0n) is 11.3. The zero-order valence-corrected chi connectivity index (χ0v) is 11.3. The van der Waals surface area contributed by atoms with Crippen LogP contribution < -0.4 is 5.32 Å². The van der Waals surface area contributed by atoms with Gasteiger partial charge in [-0.2, -0.15) is 0 Å². The monoisotopic (exact) mass is 280 g/mol. The van der Waals surface area contributed by atoms with Gasteiger partial charge >= 0.3 is 0 Å². The van der Waals surface area contributed by atoms with Crippen LogP contribution in [0.5, 0.6) is 0 Å². The molecule has 1 aromatic rings. The quantitative estimate of drug-likeness (QED) is 0.883. The molecule has 1 heterocycles. The summed E-state index contributed by atoms with van der Waals surface area (Å²) >= 11 is 0. The Hall–Kier alpha value is -1.95. The number of ether oxygens (including phenoxy) is 1. The first-order chi connectivity index (χ1) is 9.60. The molecule has 2 amide bonds. The van der Waals surface area contributed by atoms with Crippen LogP contribution in [-0.2, 0) is 14.3 Å². The minimum absolute atomic E-state index is 0.0405. The summed E-state index contributed by atoms with van der Waals surface area (Å²) in [7, 11) is 1.57. The number of carbonyl (C=O) groups excluding carboxylic acids is 2. The Bertz CT molecular complexity index is 490. The van der Waals surface area contributed by atoms with Crippen molar-refractivity contribution in [1.29, 1.82) is 0 Å². The molecule has 108 valence electrons. The number of hydrogen-bond acceptors (Lipinski definition) is 3. The van der Waals surface area contributed by atoms with E-state index in [4.69, 9.17) is 4.74 Å². The number of nitrogens with zero attached hydrogens (tertiary/aromatic N) is 1. The van der Waals surface area contributed by atoms with Gasteiger partial charge in [-0.05, 0) is 24.3 Å². The number of amides is 2. The van der Waals surface area contributed by atoms with Crippen LogP contribution in [0.3, 0.4) is 0 Å². The molecule has 5 nitrogen and oxygen atoms in total. The minimum atomic E-state index is -0.371. The van der Waals surface area contributed by atoms with Crippen molar-refractivity contribution in [1.82, 2.24) is 4.90 Å². The maximum Gasteiger partial charge on any atom is 0.229 e. The van der Waals surface area contributed by atoms with Gasteiger partial charge in [0.2, 0.25) is 11.8 Å². The standard InChI is InChI=1S/C14H17FN2O3/c1-20-7-6-17-9-10(8-13(17)18)14(19)16-12-4-2-11(15)3-5-12/h2-5,10H,6-9H2,1H3,(H,16,19)/t10-/m1/s1. The highest BCUT2D eigenvalue weighted by Crippen LogP contribution is 2.19. The molecule has 1 atom stereocenters. The maximum absolute atomic E-state index is 12.8. The Balaban J connectivity index is 1.90. The zero-order chi connectivity index (χ0) is 14.5. The minimum Gasteiger partial charge on any atom is -0.383 e. The molecule has 2 rings (SSSR count). The Morgan fingerprint density at radius 1 is 1.45 bits per heavy atom. The summed E-state index contributed by atoms with van der Waals surface area (Å²) < 4.78 is 17.7. The van der Waals surface area contributed by atoms with Crippen molar-refractivity contribution in [3.8, 4) is 0 Å². The summed E-state index contributed by atoms with van der Waals surface area (Å²) in [5, 5.41) is 2.69. The van der Waals surface area contributed by atoms with Gasteiger partial charge in [-0.1, -0.05) is 0 Å². The molecule has 6 heteroatoms. The second kappa shape index (κ2) is 6.47. The van der Waals surface area contributed by atoms with E-state index in [1.54, 1.807) is 12.0 Å². The SMILES string of the molecule is COCCN1C[C@H](C(=O)Nc2ccc(F)cc2)CC1=O. The molecule has 0 aliphatic carbocycles. The highest BCUT2D eigenvalue weighted by atomic mass is 19.1. The Morgan fingerprint density at radius 3 is 2.80 bits per heavy atom. The molecule has 20 heavy (non-hydrogen) atoms. The van der Waals surface area contributed by atoms with Gasteiger partial charge in [0, 0.05) is 32.3 Å². The molecule has 0 saturated carbocycles. The second-order valence-electron chi connectivity index (χ2n) is 4.73. The third-order valence-corrected chi connectivity index (χ3v) is 3.26. The fraction of sp³-hybridized carbons (Fsp3) is 0.429. The first-order valence-corrected chi connectivity index (χ1v) is 6.43. The summed E-state index contributed by atoms with van der Waals surface area (Å²) in [5.41, 5.74) is 0.527. The van der Waals surface area contributed by atoms with Crippen molar-refractivity contribution in [3.05, 3.63) is 30.1 Å². The second-order valence-corrected chi connectivity index (χ2v) is 4.73. The highest BCUT2D eigenvalue weighted by Gasteiger charge is 2.33. The van der Waals surface area contributed by atoms with E-state index in [0.29, 0.717) is 25.4 Å². The van der Waals surface area contributed by atoms with Crippen LogP contribution in [0.1, 0.15) is 6.42 Å². The van der Waals surface area contributed by atoms with Gasteiger partial charge in [-0.15, -0.1) is 0 Å². The number of carbonyl (C=O) groups is 2. The number of rotatable bonds is 5. The van der Waals surface area contributed by atoms with Crippen LogP contribution in [0.25, 0.3) is 0 Å². The molecule has 1 aromatic carbocycles. The predicted molar refractivity (Wildman–Crippen MR) is 71.6 cm³/mol. The van der Waals surface area contributed by atoms with Gasteiger partial charge in [0.05, 0.1) is 12.5 Å². The van der Waals surface area contributed by atoms with E-state index in [2.05, 4.69) is 5.32 Å². The van der Waals surface area contributed by atoms with E-state index >= 15 is 0 Å². The lowest BCUT2D eigenvalue weighted by molar-refractivity contribution is -0.128. The lowest BCUT2D eigenvalue weighted by Crippen LogP contribution is -2.30. The summed E-state index contributed by atoms with van der Waals surface area (Å²) in [4.78, 5) is 25.4. The fourth-order valence-corrected chi connectivity index (χ4v) is 2.14. The molecular weight excluding hydrogens is 263 g/mol. The first kappa shape index (κ1) is 14.5. The molecule has 1 saturated heterocycles. The summed E-state index contributed by atoms with van der Waals surface area (Å²) in [6.45, 7) is 1.35. The van der Waals surface area contributed by atoms with E-state index in [1.165, 1.54) is 24.3 Å². The number of benzene rings is 1.